The Bertz CT molecular complexity index is 376. The summed E-state index contributed by atoms with van der Waals surface area (Å²) in [6.45, 7) is 11.6. The Hall–Kier alpha value is -0.120. The van der Waals surface area contributed by atoms with Crippen LogP contribution in [0.15, 0.2) is 0 Å². The van der Waals surface area contributed by atoms with Crippen molar-refractivity contribution in [2.75, 3.05) is 21.3 Å². The van der Waals surface area contributed by atoms with Gasteiger partial charge in [0, 0.05) is 26.7 Å². The van der Waals surface area contributed by atoms with Gasteiger partial charge >= 0.3 is 0 Å². The Morgan fingerprint density at radius 1 is 0.467 bits per heavy atom. The zero-order chi connectivity index (χ0) is 22.9. The first-order valence-corrected chi connectivity index (χ1v) is 12.9. The summed E-state index contributed by atoms with van der Waals surface area (Å²) in [5.41, 5.74) is 0.336. The molecule has 182 valence electrons. The number of rotatable bonds is 20. The number of unbranched alkanes of at least 4 members (excludes halogenated alkanes) is 11. The molecule has 0 aliphatic carbocycles. The van der Waals surface area contributed by atoms with E-state index in [0.29, 0.717) is 5.41 Å². The van der Waals surface area contributed by atoms with Crippen LogP contribution in [0.2, 0.25) is 0 Å². The SMILES string of the molecule is CCCCCCCCCCC(C)(CCCCCCCC(C)(C)C)C(OC)(OC)OC. The van der Waals surface area contributed by atoms with Crippen LogP contribution < -0.4 is 0 Å². The molecule has 0 N–H and O–H groups in total. The Balaban J connectivity index is 4.47. The van der Waals surface area contributed by atoms with Crippen molar-refractivity contribution in [3.8, 4) is 0 Å². The van der Waals surface area contributed by atoms with E-state index >= 15 is 0 Å². The highest BCUT2D eigenvalue weighted by molar-refractivity contribution is 4.84. The van der Waals surface area contributed by atoms with E-state index in [4.69, 9.17) is 14.2 Å². The van der Waals surface area contributed by atoms with Crippen LogP contribution in [0.5, 0.6) is 0 Å². The third kappa shape index (κ3) is 12.1. The second-order valence-electron chi connectivity index (χ2n) is 10.8. The van der Waals surface area contributed by atoms with Gasteiger partial charge in [0.05, 0.1) is 0 Å². The lowest BCUT2D eigenvalue weighted by atomic mass is 9.77. The first-order chi connectivity index (χ1) is 14.2. The second-order valence-corrected chi connectivity index (χ2v) is 10.8. The Labute approximate surface area is 190 Å². The molecule has 0 heterocycles. The van der Waals surface area contributed by atoms with E-state index in [1.807, 2.05) is 0 Å². The van der Waals surface area contributed by atoms with Crippen molar-refractivity contribution in [1.29, 1.82) is 0 Å². The molecule has 3 heteroatoms. The second kappa shape index (κ2) is 16.5. The minimum absolute atomic E-state index is 0.126. The van der Waals surface area contributed by atoms with Gasteiger partial charge in [-0.1, -0.05) is 118 Å². The summed E-state index contributed by atoms with van der Waals surface area (Å²) in [5, 5.41) is 0. The first kappa shape index (κ1) is 29.9. The van der Waals surface area contributed by atoms with Gasteiger partial charge in [0.25, 0.3) is 5.97 Å². The molecule has 0 aliphatic rings. The van der Waals surface area contributed by atoms with Gasteiger partial charge < -0.3 is 14.2 Å². The molecule has 0 aromatic heterocycles. The van der Waals surface area contributed by atoms with Crippen LogP contribution in [-0.4, -0.2) is 27.3 Å². The van der Waals surface area contributed by atoms with Gasteiger partial charge in [-0.25, -0.2) is 0 Å². The number of methoxy groups -OCH3 is 3. The quantitative estimate of drug-likeness (QED) is 0.143. The summed E-state index contributed by atoms with van der Waals surface area (Å²) in [5.74, 6) is -0.944. The fourth-order valence-corrected chi connectivity index (χ4v) is 4.77. The maximum absolute atomic E-state index is 5.81. The first-order valence-electron chi connectivity index (χ1n) is 12.9. The van der Waals surface area contributed by atoms with Crippen molar-refractivity contribution in [1.82, 2.24) is 0 Å². The Morgan fingerprint density at radius 2 is 0.800 bits per heavy atom. The highest BCUT2D eigenvalue weighted by atomic mass is 16.9. The average molecular weight is 429 g/mol. The van der Waals surface area contributed by atoms with E-state index in [-0.39, 0.29) is 5.41 Å². The van der Waals surface area contributed by atoms with Gasteiger partial charge in [-0.3, -0.25) is 0 Å². The molecular formula is C27H56O3. The van der Waals surface area contributed by atoms with Gasteiger partial charge in [0.1, 0.15) is 0 Å². The van der Waals surface area contributed by atoms with E-state index in [1.165, 1.54) is 89.9 Å². The maximum Gasteiger partial charge on any atom is 0.287 e. The molecule has 0 spiro atoms. The van der Waals surface area contributed by atoms with Crippen molar-refractivity contribution < 1.29 is 14.2 Å². The molecule has 1 unspecified atom stereocenters. The van der Waals surface area contributed by atoms with Crippen LogP contribution >= 0.6 is 0 Å². The van der Waals surface area contributed by atoms with Crippen LogP contribution in [0, 0.1) is 10.8 Å². The van der Waals surface area contributed by atoms with E-state index < -0.39 is 5.97 Å². The molecule has 1 atom stereocenters. The minimum atomic E-state index is -0.944. The minimum Gasteiger partial charge on any atom is -0.330 e. The average Bonchev–Trinajstić information content (AvgIpc) is 2.70. The molecule has 0 bridgehead atoms. The normalized spacial score (nSPS) is 14.8. The summed E-state index contributed by atoms with van der Waals surface area (Å²) in [7, 11) is 5.14. The molecule has 0 aliphatic heterocycles. The summed E-state index contributed by atoms with van der Waals surface area (Å²) in [6, 6.07) is 0. The lowest BCUT2D eigenvalue weighted by molar-refractivity contribution is -0.406. The standard InChI is InChI=1S/C27H56O3/c1-9-10-11-12-13-14-17-20-23-26(5,27(28-6,29-7)30-8)24-21-18-15-16-19-22-25(2,3)4/h9-24H2,1-8H3. The Morgan fingerprint density at radius 3 is 1.13 bits per heavy atom. The van der Waals surface area contributed by atoms with Crippen molar-refractivity contribution in [3.05, 3.63) is 0 Å². The molecule has 30 heavy (non-hydrogen) atoms. The topological polar surface area (TPSA) is 27.7 Å². The Kier molecular flexibility index (Phi) is 16.4. The number of ether oxygens (including phenoxy) is 3. The van der Waals surface area contributed by atoms with Crippen molar-refractivity contribution in [2.24, 2.45) is 10.8 Å². The van der Waals surface area contributed by atoms with Crippen LogP contribution in [0.25, 0.3) is 0 Å². The molecule has 3 nitrogen and oxygen atoms in total. The molecule has 0 rings (SSSR count). The molecule has 0 amide bonds. The van der Waals surface area contributed by atoms with Crippen molar-refractivity contribution in [2.45, 2.75) is 143 Å². The molecule has 0 radical (unpaired) electrons. The van der Waals surface area contributed by atoms with Crippen molar-refractivity contribution >= 4 is 0 Å². The van der Waals surface area contributed by atoms with Crippen LogP contribution in [0.4, 0.5) is 0 Å². The van der Waals surface area contributed by atoms with Gasteiger partial charge in [-0.15, -0.1) is 0 Å². The zero-order valence-electron chi connectivity index (χ0n) is 22.0. The van der Waals surface area contributed by atoms with Gasteiger partial charge in [0.15, 0.2) is 0 Å². The fraction of sp³-hybridized carbons (Fsp3) is 1.00. The predicted octanol–water partition coefficient (Wildman–Crippen LogP) is 8.89. The number of hydrogen-bond acceptors (Lipinski definition) is 3. The van der Waals surface area contributed by atoms with E-state index in [0.717, 1.165) is 12.8 Å². The summed E-state index contributed by atoms with van der Waals surface area (Å²) in [6.07, 6.45) is 20.7. The van der Waals surface area contributed by atoms with E-state index in [9.17, 15) is 0 Å². The molecular weight excluding hydrogens is 372 g/mol. The van der Waals surface area contributed by atoms with E-state index in [1.54, 1.807) is 21.3 Å². The van der Waals surface area contributed by atoms with E-state index in [2.05, 4.69) is 34.6 Å². The van der Waals surface area contributed by atoms with Gasteiger partial charge in [0.2, 0.25) is 0 Å². The lowest BCUT2D eigenvalue weighted by Crippen LogP contribution is -2.51. The van der Waals surface area contributed by atoms with Gasteiger partial charge in [-0.05, 0) is 24.7 Å². The predicted molar refractivity (Wildman–Crippen MR) is 131 cm³/mol. The van der Waals surface area contributed by atoms with Crippen LogP contribution in [-0.2, 0) is 14.2 Å². The fourth-order valence-electron chi connectivity index (χ4n) is 4.77. The molecule has 0 saturated heterocycles. The lowest BCUT2D eigenvalue weighted by Gasteiger charge is -2.45. The molecule has 0 fully saturated rings. The summed E-state index contributed by atoms with van der Waals surface area (Å²) < 4.78 is 17.4. The number of hydrogen-bond donors (Lipinski definition) is 0. The maximum atomic E-state index is 5.81. The third-order valence-electron chi connectivity index (χ3n) is 6.78. The highest BCUT2D eigenvalue weighted by Gasteiger charge is 2.49. The highest BCUT2D eigenvalue weighted by Crippen LogP contribution is 2.44. The van der Waals surface area contributed by atoms with Gasteiger partial charge in [-0.2, -0.15) is 0 Å². The molecule has 0 aromatic rings. The van der Waals surface area contributed by atoms with Crippen LogP contribution in [0.1, 0.15) is 137 Å². The third-order valence-corrected chi connectivity index (χ3v) is 6.78. The molecule has 0 saturated carbocycles. The monoisotopic (exact) mass is 428 g/mol. The largest absolute Gasteiger partial charge is 0.330 e. The summed E-state index contributed by atoms with van der Waals surface area (Å²) in [4.78, 5) is 0. The van der Waals surface area contributed by atoms with Crippen LogP contribution in [0.3, 0.4) is 0 Å². The molecule has 0 aromatic carbocycles. The smallest absolute Gasteiger partial charge is 0.287 e. The zero-order valence-corrected chi connectivity index (χ0v) is 22.0. The summed E-state index contributed by atoms with van der Waals surface area (Å²) >= 11 is 0. The van der Waals surface area contributed by atoms with Crippen molar-refractivity contribution in [3.63, 3.8) is 0 Å².